The fraction of sp³-hybridized carbons (Fsp3) is 0.227. The first-order valence-corrected chi connectivity index (χ1v) is 8.66. The molecule has 1 heterocycles. The van der Waals surface area contributed by atoms with Crippen molar-refractivity contribution in [1.82, 2.24) is 0 Å². The average Bonchev–Trinajstić information content (AvgIpc) is 3.24. The number of allylic oxidation sites excluding steroid dienone is 2. The highest BCUT2D eigenvalue weighted by Gasteiger charge is 2.51. The van der Waals surface area contributed by atoms with E-state index in [2.05, 4.69) is 30.4 Å². The van der Waals surface area contributed by atoms with Crippen LogP contribution in [0.4, 0.5) is 0 Å². The lowest BCUT2D eigenvalue weighted by molar-refractivity contribution is 0.479. The highest BCUT2D eigenvalue weighted by Crippen LogP contribution is 2.62. The van der Waals surface area contributed by atoms with E-state index in [1.807, 2.05) is 30.3 Å². The number of hydrogen-bond acceptors (Lipinski definition) is 2. The first-order valence-electron chi connectivity index (χ1n) is 8.66. The molecule has 4 atom stereocenters. The predicted molar refractivity (Wildman–Crippen MR) is 94.1 cm³/mol. The van der Waals surface area contributed by atoms with Gasteiger partial charge in [-0.15, -0.1) is 0 Å². The lowest BCUT2D eigenvalue weighted by Gasteiger charge is -2.35. The number of para-hydroxylation sites is 1. The van der Waals surface area contributed by atoms with Crippen LogP contribution in [0.3, 0.4) is 0 Å². The van der Waals surface area contributed by atoms with E-state index < -0.39 is 0 Å². The fourth-order valence-electron chi connectivity index (χ4n) is 5.29. The van der Waals surface area contributed by atoms with Crippen LogP contribution in [0.5, 0.6) is 0 Å². The van der Waals surface area contributed by atoms with Crippen molar-refractivity contribution in [2.24, 2.45) is 11.8 Å². The van der Waals surface area contributed by atoms with Crippen molar-refractivity contribution in [1.29, 1.82) is 0 Å². The molecule has 1 saturated carbocycles. The Morgan fingerprint density at radius 1 is 0.875 bits per heavy atom. The second-order valence-corrected chi connectivity index (χ2v) is 7.26. The van der Waals surface area contributed by atoms with Crippen molar-refractivity contribution in [2.75, 3.05) is 0 Å². The maximum Gasteiger partial charge on any atom is 0.196 e. The molecule has 6 rings (SSSR count). The third-order valence-electron chi connectivity index (χ3n) is 6.19. The molecule has 3 aliphatic carbocycles. The second-order valence-electron chi connectivity index (χ2n) is 7.26. The highest BCUT2D eigenvalue weighted by atomic mass is 16.3. The van der Waals surface area contributed by atoms with Crippen LogP contribution in [-0.2, 0) is 0 Å². The van der Waals surface area contributed by atoms with Crippen LogP contribution < -0.4 is 5.43 Å². The van der Waals surface area contributed by atoms with Gasteiger partial charge >= 0.3 is 0 Å². The van der Waals surface area contributed by atoms with E-state index in [4.69, 9.17) is 4.42 Å². The molecule has 116 valence electrons. The van der Waals surface area contributed by atoms with Crippen LogP contribution in [0, 0.1) is 11.8 Å². The van der Waals surface area contributed by atoms with Gasteiger partial charge in [-0.25, -0.2) is 0 Å². The Morgan fingerprint density at radius 3 is 2.54 bits per heavy atom. The summed E-state index contributed by atoms with van der Waals surface area (Å²) in [6, 6.07) is 16.1. The van der Waals surface area contributed by atoms with Crippen LogP contribution in [0.2, 0.25) is 0 Å². The number of fused-ring (bicyclic) bond motifs is 11. The van der Waals surface area contributed by atoms with Gasteiger partial charge in [-0.2, -0.15) is 0 Å². The molecular formula is C22H16O2. The molecule has 2 nitrogen and oxygen atoms in total. The Bertz CT molecular complexity index is 1090. The molecule has 0 saturated heterocycles. The quantitative estimate of drug-likeness (QED) is 0.556. The third kappa shape index (κ3) is 1.40. The summed E-state index contributed by atoms with van der Waals surface area (Å²) in [5, 5.41) is 0.709. The van der Waals surface area contributed by atoms with Gasteiger partial charge in [0.15, 0.2) is 5.43 Å². The van der Waals surface area contributed by atoms with Gasteiger partial charge in [0.2, 0.25) is 0 Å². The first kappa shape index (κ1) is 12.8. The summed E-state index contributed by atoms with van der Waals surface area (Å²) in [6.07, 6.45) is 5.84. The maximum atomic E-state index is 13.3. The third-order valence-corrected chi connectivity index (χ3v) is 6.19. The topological polar surface area (TPSA) is 30.2 Å². The van der Waals surface area contributed by atoms with Crippen molar-refractivity contribution in [3.8, 4) is 11.3 Å². The summed E-state index contributed by atoms with van der Waals surface area (Å²) < 4.78 is 6.28. The van der Waals surface area contributed by atoms with Gasteiger partial charge in [-0.3, -0.25) is 4.79 Å². The monoisotopic (exact) mass is 312 g/mol. The highest BCUT2D eigenvalue weighted by molar-refractivity contribution is 5.83. The Labute approximate surface area is 139 Å². The molecule has 24 heavy (non-hydrogen) atoms. The van der Waals surface area contributed by atoms with E-state index >= 15 is 0 Å². The van der Waals surface area contributed by atoms with Gasteiger partial charge in [0.1, 0.15) is 11.3 Å². The minimum Gasteiger partial charge on any atom is -0.456 e. The van der Waals surface area contributed by atoms with Gasteiger partial charge in [0.25, 0.3) is 0 Å². The van der Waals surface area contributed by atoms with Crippen molar-refractivity contribution >= 4 is 11.0 Å². The summed E-state index contributed by atoms with van der Waals surface area (Å²) in [6.45, 7) is 0. The SMILES string of the molecule is O=c1c2c(oc3ccccc13)-c1ccccc1C1C3C=CC(C3)C21. The zero-order chi connectivity index (χ0) is 15.8. The molecule has 3 aromatic rings. The van der Waals surface area contributed by atoms with E-state index in [1.54, 1.807) is 0 Å². The number of rotatable bonds is 0. The van der Waals surface area contributed by atoms with Gasteiger partial charge in [-0.05, 0) is 41.9 Å². The van der Waals surface area contributed by atoms with Crippen LogP contribution in [0.1, 0.15) is 29.4 Å². The summed E-state index contributed by atoms with van der Waals surface area (Å²) >= 11 is 0. The first-order chi connectivity index (χ1) is 11.8. The van der Waals surface area contributed by atoms with E-state index in [0.29, 0.717) is 28.7 Å². The van der Waals surface area contributed by atoms with Crippen molar-refractivity contribution in [3.05, 3.63) is 82.0 Å². The van der Waals surface area contributed by atoms with Crippen LogP contribution in [0.15, 0.2) is 69.9 Å². The standard InChI is InChI=1S/C22H16O2/c23-21-16-7-3-4-8-17(16)24-22-15-6-2-1-5-14(15)18-12-9-10-13(11-12)19(18)20(21)22/h1-10,12-13,18-19H,11H2. The molecular weight excluding hydrogens is 296 g/mol. The van der Waals surface area contributed by atoms with Gasteiger partial charge in [0.05, 0.1) is 5.39 Å². The Balaban J connectivity index is 1.79. The summed E-state index contributed by atoms with van der Waals surface area (Å²) in [4.78, 5) is 13.3. The Kier molecular flexibility index (Phi) is 2.27. The lowest BCUT2D eigenvalue weighted by atomic mass is 9.69. The van der Waals surface area contributed by atoms with Crippen molar-refractivity contribution in [2.45, 2.75) is 18.3 Å². The van der Waals surface area contributed by atoms with Gasteiger partial charge < -0.3 is 4.42 Å². The largest absolute Gasteiger partial charge is 0.456 e. The molecule has 2 bridgehead atoms. The Morgan fingerprint density at radius 2 is 1.62 bits per heavy atom. The maximum absolute atomic E-state index is 13.3. The summed E-state index contributed by atoms with van der Waals surface area (Å²) in [7, 11) is 0. The summed E-state index contributed by atoms with van der Waals surface area (Å²) in [5.74, 6) is 2.52. The molecule has 0 N–H and O–H groups in total. The molecule has 0 radical (unpaired) electrons. The van der Waals surface area contributed by atoms with Crippen LogP contribution in [-0.4, -0.2) is 0 Å². The van der Waals surface area contributed by atoms with E-state index in [9.17, 15) is 4.79 Å². The molecule has 1 aromatic heterocycles. The zero-order valence-electron chi connectivity index (χ0n) is 13.1. The number of benzene rings is 2. The van der Waals surface area contributed by atoms with Crippen LogP contribution >= 0.6 is 0 Å². The van der Waals surface area contributed by atoms with E-state index in [-0.39, 0.29) is 11.3 Å². The molecule has 2 aromatic carbocycles. The molecule has 4 unspecified atom stereocenters. The molecule has 0 aliphatic heterocycles. The minimum atomic E-state index is 0.164. The smallest absolute Gasteiger partial charge is 0.196 e. The molecule has 2 heteroatoms. The van der Waals surface area contributed by atoms with E-state index in [0.717, 1.165) is 23.3 Å². The van der Waals surface area contributed by atoms with E-state index in [1.165, 1.54) is 5.56 Å². The van der Waals surface area contributed by atoms with Crippen molar-refractivity contribution < 1.29 is 4.42 Å². The minimum absolute atomic E-state index is 0.164. The second kappa shape index (κ2) is 4.27. The average molecular weight is 312 g/mol. The van der Waals surface area contributed by atoms with Crippen LogP contribution in [0.25, 0.3) is 22.3 Å². The predicted octanol–water partition coefficient (Wildman–Crippen LogP) is 4.85. The molecule has 1 fully saturated rings. The zero-order valence-corrected chi connectivity index (χ0v) is 13.1. The lowest BCUT2D eigenvalue weighted by Crippen LogP contribution is -2.27. The van der Waals surface area contributed by atoms with Crippen molar-refractivity contribution in [3.63, 3.8) is 0 Å². The Hall–Kier alpha value is -2.61. The molecule has 3 aliphatic rings. The fourth-order valence-corrected chi connectivity index (χ4v) is 5.29. The van der Waals surface area contributed by atoms with Gasteiger partial charge in [-0.1, -0.05) is 48.6 Å². The normalized spacial score (nSPS) is 28.7. The van der Waals surface area contributed by atoms with Gasteiger partial charge in [0, 0.05) is 17.0 Å². The molecule has 0 spiro atoms. The molecule has 0 amide bonds. The summed E-state index contributed by atoms with van der Waals surface area (Å²) in [5.41, 5.74) is 4.22. The number of hydrogen-bond donors (Lipinski definition) is 0.